The van der Waals surface area contributed by atoms with Crippen molar-refractivity contribution in [1.29, 1.82) is 0 Å². The van der Waals surface area contributed by atoms with E-state index in [2.05, 4.69) is 11.1 Å². The Kier molecular flexibility index (Phi) is 7.26. The quantitative estimate of drug-likeness (QED) is 0.535. The summed E-state index contributed by atoms with van der Waals surface area (Å²) in [6, 6.07) is 0. The maximum Gasteiger partial charge on any atom is 0.469 e. The monoisotopic (exact) mass is 246 g/mol. The SMILES string of the molecule is C=C/C(=C\C=C/C)C(C)CCOP(=O)(O)O. The first-order valence-electron chi connectivity index (χ1n) is 5.06. The number of allylic oxidation sites excluding steroid dienone is 5. The van der Waals surface area contributed by atoms with Gasteiger partial charge in [0.2, 0.25) is 0 Å². The van der Waals surface area contributed by atoms with Gasteiger partial charge >= 0.3 is 7.82 Å². The Morgan fingerprint density at radius 2 is 2.19 bits per heavy atom. The third-order valence-electron chi connectivity index (χ3n) is 2.10. The fourth-order valence-corrected chi connectivity index (χ4v) is 1.50. The molecule has 16 heavy (non-hydrogen) atoms. The predicted octanol–water partition coefficient (Wildman–Crippen LogP) is 2.81. The lowest BCUT2D eigenvalue weighted by Crippen LogP contribution is -2.02. The van der Waals surface area contributed by atoms with Crippen LogP contribution in [0.3, 0.4) is 0 Å². The third kappa shape index (κ3) is 7.60. The Balaban J connectivity index is 4.18. The van der Waals surface area contributed by atoms with E-state index in [0.717, 1.165) is 5.57 Å². The van der Waals surface area contributed by atoms with Crippen LogP contribution in [-0.4, -0.2) is 16.4 Å². The minimum absolute atomic E-state index is 0.0342. The smallest absolute Gasteiger partial charge is 0.303 e. The van der Waals surface area contributed by atoms with Crippen molar-refractivity contribution < 1.29 is 18.9 Å². The zero-order valence-corrected chi connectivity index (χ0v) is 10.6. The summed E-state index contributed by atoms with van der Waals surface area (Å²) in [5.74, 6) is 0.153. The summed E-state index contributed by atoms with van der Waals surface area (Å²) in [6.07, 6.45) is 8.01. The first-order valence-corrected chi connectivity index (χ1v) is 6.59. The van der Waals surface area contributed by atoms with Crippen LogP contribution >= 0.6 is 7.82 Å². The Bertz CT molecular complexity index is 314. The van der Waals surface area contributed by atoms with Gasteiger partial charge in [-0.05, 0) is 24.8 Å². The molecule has 92 valence electrons. The van der Waals surface area contributed by atoms with E-state index in [0.29, 0.717) is 6.42 Å². The molecule has 0 fully saturated rings. The van der Waals surface area contributed by atoms with Crippen LogP contribution in [0.2, 0.25) is 0 Å². The van der Waals surface area contributed by atoms with Crippen molar-refractivity contribution in [2.75, 3.05) is 6.61 Å². The summed E-state index contributed by atoms with van der Waals surface area (Å²) in [4.78, 5) is 17.0. The van der Waals surface area contributed by atoms with Gasteiger partial charge in [-0.3, -0.25) is 4.52 Å². The highest BCUT2D eigenvalue weighted by Gasteiger charge is 2.14. The molecule has 0 aromatic heterocycles. The van der Waals surface area contributed by atoms with Crippen LogP contribution in [0.15, 0.2) is 36.5 Å². The summed E-state index contributed by atoms with van der Waals surface area (Å²) < 4.78 is 14.8. The third-order valence-corrected chi connectivity index (χ3v) is 2.62. The number of phosphoric ester groups is 1. The number of rotatable bonds is 7. The molecule has 2 N–H and O–H groups in total. The second kappa shape index (κ2) is 7.58. The fraction of sp³-hybridized carbons (Fsp3) is 0.455. The van der Waals surface area contributed by atoms with Gasteiger partial charge in [0.1, 0.15) is 0 Å². The van der Waals surface area contributed by atoms with Crippen LogP contribution in [0.5, 0.6) is 0 Å². The molecule has 0 rings (SSSR count). The molecule has 1 atom stereocenters. The van der Waals surface area contributed by atoms with Crippen molar-refractivity contribution in [3.8, 4) is 0 Å². The maximum absolute atomic E-state index is 10.5. The molecule has 5 heteroatoms. The highest BCUT2D eigenvalue weighted by molar-refractivity contribution is 7.46. The van der Waals surface area contributed by atoms with Gasteiger partial charge in [-0.2, -0.15) is 0 Å². The van der Waals surface area contributed by atoms with Crippen LogP contribution in [0.4, 0.5) is 0 Å². The fourth-order valence-electron chi connectivity index (χ4n) is 1.16. The number of phosphoric acid groups is 1. The van der Waals surface area contributed by atoms with E-state index in [1.54, 1.807) is 6.08 Å². The second-order valence-electron chi connectivity index (χ2n) is 3.41. The largest absolute Gasteiger partial charge is 0.469 e. The van der Waals surface area contributed by atoms with Gasteiger partial charge in [0.15, 0.2) is 0 Å². The van der Waals surface area contributed by atoms with Gasteiger partial charge in [-0.15, -0.1) is 0 Å². The zero-order chi connectivity index (χ0) is 12.6. The normalized spacial score (nSPS) is 15.4. The zero-order valence-electron chi connectivity index (χ0n) is 9.67. The maximum atomic E-state index is 10.5. The second-order valence-corrected chi connectivity index (χ2v) is 4.65. The summed E-state index contributed by atoms with van der Waals surface area (Å²) in [5, 5.41) is 0. The molecule has 0 aliphatic heterocycles. The molecule has 1 unspecified atom stereocenters. The standard InChI is InChI=1S/C11H19O4P/c1-4-6-7-11(5-2)10(3)8-9-15-16(12,13)14/h4-7,10H,2,8-9H2,1,3H3,(H2,12,13,14)/b6-4-,11-7+. The van der Waals surface area contributed by atoms with Gasteiger partial charge < -0.3 is 9.79 Å². The molecule has 0 amide bonds. The van der Waals surface area contributed by atoms with Crippen LogP contribution < -0.4 is 0 Å². The van der Waals surface area contributed by atoms with Gasteiger partial charge in [0.25, 0.3) is 0 Å². The molecular weight excluding hydrogens is 227 g/mol. The van der Waals surface area contributed by atoms with Gasteiger partial charge in [0.05, 0.1) is 6.61 Å². The van der Waals surface area contributed by atoms with Crippen LogP contribution in [0.1, 0.15) is 20.3 Å². The number of hydrogen-bond acceptors (Lipinski definition) is 2. The Hall–Kier alpha value is -0.670. The summed E-state index contributed by atoms with van der Waals surface area (Å²) in [5.41, 5.74) is 1.02. The average Bonchev–Trinajstić information content (AvgIpc) is 2.17. The molecule has 0 bridgehead atoms. The van der Waals surface area contributed by atoms with Crippen molar-refractivity contribution >= 4 is 7.82 Å². The van der Waals surface area contributed by atoms with Gasteiger partial charge in [-0.1, -0.05) is 37.8 Å². The average molecular weight is 246 g/mol. The molecule has 0 saturated carbocycles. The Morgan fingerprint density at radius 3 is 2.62 bits per heavy atom. The lowest BCUT2D eigenvalue weighted by molar-refractivity contribution is 0.189. The van der Waals surface area contributed by atoms with E-state index in [-0.39, 0.29) is 12.5 Å². The van der Waals surface area contributed by atoms with Gasteiger partial charge in [-0.25, -0.2) is 4.57 Å². The lowest BCUT2D eigenvalue weighted by Gasteiger charge is -2.12. The van der Waals surface area contributed by atoms with E-state index in [9.17, 15) is 4.57 Å². The van der Waals surface area contributed by atoms with Crippen molar-refractivity contribution in [3.05, 3.63) is 36.5 Å². The van der Waals surface area contributed by atoms with E-state index in [1.165, 1.54) is 0 Å². The van der Waals surface area contributed by atoms with E-state index in [1.807, 2.05) is 32.1 Å². The summed E-state index contributed by atoms with van der Waals surface area (Å²) in [7, 11) is -4.34. The Labute approximate surface area is 96.6 Å². The number of hydrogen-bond donors (Lipinski definition) is 2. The van der Waals surface area contributed by atoms with Crippen molar-refractivity contribution in [2.24, 2.45) is 5.92 Å². The van der Waals surface area contributed by atoms with Crippen molar-refractivity contribution in [1.82, 2.24) is 0 Å². The molecule has 0 saturated heterocycles. The molecule has 0 aromatic rings. The van der Waals surface area contributed by atoms with Crippen LogP contribution in [0, 0.1) is 5.92 Å². The first-order chi connectivity index (χ1) is 7.40. The minimum atomic E-state index is -4.34. The van der Waals surface area contributed by atoms with Gasteiger partial charge in [0, 0.05) is 0 Å². The van der Waals surface area contributed by atoms with Crippen molar-refractivity contribution in [3.63, 3.8) is 0 Å². The highest BCUT2D eigenvalue weighted by atomic mass is 31.2. The van der Waals surface area contributed by atoms with Crippen LogP contribution in [-0.2, 0) is 9.09 Å². The van der Waals surface area contributed by atoms with E-state index >= 15 is 0 Å². The first kappa shape index (κ1) is 15.3. The molecule has 0 aromatic carbocycles. The van der Waals surface area contributed by atoms with Crippen molar-refractivity contribution in [2.45, 2.75) is 20.3 Å². The Morgan fingerprint density at radius 1 is 1.56 bits per heavy atom. The van der Waals surface area contributed by atoms with E-state index < -0.39 is 7.82 Å². The topological polar surface area (TPSA) is 66.8 Å². The molecule has 4 nitrogen and oxygen atoms in total. The molecule has 0 radical (unpaired) electrons. The van der Waals surface area contributed by atoms with E-state index in [4.69, 9.17) is 9.79 Å². The lowest BCUT2D eigenvalue weighted by atomic mass is 9.97. The minimum Gasteiger partial charge on any atom is -0.303 e. The predicted molar refractivity (Wildman–Crippen MR) is 64.9 cm³/mol. The molecule has 0 aliphatic carbocycles. The molecular formula is C11H19O4P. The summed E-state index contributed by atoms with van der Waals surface area (Å²) in [6.45, 7) is 7.60. The van der Waals surface area contributed by atoms with Crippen LogP contribution in [0.25, 0.3) is 0 Å². The highest BCUT2D eigenvalue weighted by Crippen LogP contribution is 2.36. The molecule has 0 heterocycles. The molecule has 0 aliphatic rings. The molecule has 0 spiro atoms. The summed E-state index contributed by atoms with van der Waals surface area (Å²) >= 11 is 0.